The minimum absolute atomic E-state index is 0.257. The second kappa shape index (κ2) is 6.02. The molecule has 1 amide bonds. The van der Waals surface area contributed by atoms with Crippen LogP contribution in [0.2, 0.25) is 0 Å². The van der Waals surface area contributed by atoms with Crippen molar-refractivity contribution in [2.24, 2.45) is 5.92 Å². The van der Waals surface area contributed by atoms with Gasteiger partial charge in [0.15, 0.2) is 5.76 Å². The third kappa shape index (κ3) is 2.86. The smallest absolute Gasteiger partial charge is 0.237 e. The van der Waals surface area contributed by atoms with Gasteiger partial charge in [-0.25, -0.2) is 0 Å². The summed E-state index contributed by atoms with van der Waals surface area (Å²) in [4.78, 5) is 11.5. The molecule has 5 nitrogen and oxygen atoms in total. The summed E-state index contributed by atoms with van der Waals surface area (Å²) in [5.74, 6) is -0.282. The van der Waals surface area contributed by atoms with Crippen LogP contribution in [-0.4, -0.2) is 11.1 Å². The highest BCUT2D eigenvalue weighted by molar-refractivity contribution is 5.80. The summed E-state index contributed by atoms with van der Waals surface area (Å²) in [6, 6.07) is 11.5. The van der Waals surface area contributed by atoms with Crippen LogP contribution in [0.5, 0.6) is 0 Å². The largest absolute Gasteiger partial charge is 0.356 e. The van der Waals surface area contributed by atoms with Gasteiger partial charge in [0, 0.05) is 11.1 Å². The molecule has 1 aromatic heterocycles. The lowest BCUT2D eigenvalue weighted by molar-refractivity contribution is -0.123. The zero-order valence-corrected chi connectivity index (χ0v) is 11.4. The molecule has 0 aliphatic rings. The topological polar surface area (TPSA) is 78.9 Å². The summed E-state index contributed by atoms with van der Waals surface area (Å²) in [5.41, 5.74) is 2.50. The first kappa shape index (κ1) is 13.8. The average Bonchev–Trinajstić information content (AvgIpc) is 2.85. The van der Waals surface area contributed by atoms with Gasteiger partial charge in [0.2, 0.25) is 5.91 Å². The number of benzene rings is 1. The van der Waals surface area contributed by atoms with E-state index >= 15 is 0 Å². The second-order valence-corrected chi connectivity index (χ2v) is 4.52. The van der Waals surface area contributed by atoms with Crippen LogP contribution in [0, 0.1) is 24.2 Å². The van der Waals surface area contributed by atoms with Crippen LogP contribution < -0.4 is 5.32 Å². The molecular formula is C15H15N3O2. The molecule has 0 aliphatic carbocycles. The van der Waals surface area contributed by atoms with Crippen molar-refractivity contribution in [1.82, 2.24) is 10.5 Å². The average molecular weight is 269 g/mol. The molecule has 0 saturated heterocycles. The number of aromatic nitrogens is 1. The number of hydrogen-bond acceptors (Lipinski definition) is 4. The number of carbonyl (C=O) groups is 1. The van der Waals surface area contributed by atoms with E-state index in [4.69, 9.17) is 9.78 Å². The third-order valence-corrected chi connectivity index (χ3v) is 3.07. The van der Waals surface area contributed by atoms with Crippen molar-refractivity contribution >= 4 is 5.91 Å². The molecule has 102 valence electrons. The minimum Gasteiger partial charge on any atom is -0.356 e. The fourth-order valence-corrected chi connectivity index (χ4v) is 1.77. The third-order valence-electron chi connectivity index (χ3n) is 3.07. The summed E-state index contributed by atoms with van der Waals surface area (Å²) in [7, 11) is 0. The Balaban J connectivity index is 2.11. The van der Waals surface area contributed by atoms with Crippen LogP contribution in [0.3, 0.4) is 0 Å². The number of hydrogen-bond donors (Lipinski definition) is 1. The van der Waals surface area contributed by atoms with Crippen molar-refractivity contribution in [2.45, 2.75) is 20.4 Å². The summed E-state index contributed by atoms with van der Waals surface area (Å²) >= 11 is 0. The Bertz CT molecular complexity index is 641. The van der Waals surface area contributed by atoms with E-state index in [0.717, 1.165) is 11.1 Å². The molecule has 2 rings (SSSR count). The predicted octanol–water partition coefficient (Wildman–Crippen LogP) is 2.43. The van der Waals surface area contributed by atoms with Gasteiger partial charge in [0.25, 0.3) is 0 Å². The van der Waals surface area contributed by atoms with E-state index in [2.05, 4.69) is 10.5 Å². The minimum atomic E-state index is -0.671. The molecule has 0 bridgehead atoms. The fraction of sp³-hybridized carbons (Fsp3) is 0.267. The van der Waals surface area contributed by atoms with Gasteiger partial charge in [-0.15, -0.1) is 0 Å². The molecule has 1 atom stereocenters. The maximum Gasteiger partial charge on any atom is 0.237 e. The molecule has 1 N–H and O–H groups in total. The first-order valence-electron chi connectivity index (χ1n) is 6.31. The molecule has 1 unspecified atom stereocenters. The Morgan fingerprint density at radius 3 is 2.80 bits per heavy atom. The van der Waals surface area contributed by atoms with Gasteiger partial charge in [0.05, 0.1) is 12.6 Å². The van der Waals surface area contributed by atoms with E-state index < -0.39 is 5.92 Å². The summed E-state index contributed by atoms with van der Waals surface area (Å²) < 4.78 is 5.33. The quantitative estimate of drug-likeness (QED) is 0.924. The lowest BCUT2D eigenvalue weighted by atomic mass is 10.1. The highest BCUT2D eigenvalue weighted by atomic mass is 16.5. The van der Waals surface area contributed by atoms with Gasteiger partial charge in [0.1, 0.15) is 11.6 Å². The lowest BCUT2D eigenvalue weighted by Gasteiger charge is -2.04. The number of nitrogens with one attached hydrogen (secondary N) is 1. The Kier molecular flexibility index (Phi) is 4.16. The maximum absolute atomic E-state index is 11.5. The molecule has 0 radical (unpaired) electrons. The van der Waals surface area contributed by atoms with E-state index in [1.54, 1.807) is 6.92 Å². The van der Waals surface area contributed by atoms with E-state index in [1.165, 1.54) is 0 Å². The standard InChI is InChI=1S/C15H15N3O2/c1-10(8-16)15(19)17-9-13-11(2)14(20-18-13)12-6-4-3-5-7-12/h3-7,10H,9H2,1-2H3,(H,17,19). The van der Waals surface area contributed by atoms with Crippen LogP contribution in [0.4, 0.5) is 0 Å². The Hall–Kier alpha value is -2.61. The molecule has 2 aromatic rings. The van der Waals surface area contributed by atoms with E-state index in [9.17, 15) is 4.79 Å². The van der Waals surface area contributed by atoms with Gasteiger partial charge in [-0.1, -0.05) is 35.5 Å². The number of nitrogens with zero attached hydrogens (tertiary/aromatic N) is 2. The van der Waals surface area contributed by atoms with Crippen LogP contribution in [0.1, 0.15) is 18.2 Å². The molecule has 20 heavy (non-hydrogen) atoms. The first-order valence-corrected chi connectivity index (χ1v) is 6.31. The Labute approximate surface area is 117 Å². The fourth-order valence-electron chi connectivity index (χ4n) is 1.77. The van der Waals surface area contributed by atoms with Gasteiger partial charge >= 0.3 is 0 Å². The number of carbonyl (C=O) groups excluding carboxylic acids is 1. The zero-order valence-electron chi connectivity index (χ0n) is 11.4. The van der Waals surface area contributed by atoms with Crippen molar-refractivity contribution in [2.75, 3.05) is 0 Å². The van der Waals surface area contributed by atoms with Crippen LogP contribution >= 0.6 is 0 Å². The second-order valence-electron chi connectivity index (χ2n) is 4.52. The van der Waals surface area contributed by atoms with Crippen molar-refractivity contribution in [3.8, 4) is 17.4 Å². The van der Waals surface area contributed by atoms with Crippen molar-refractivity contribution in [3.63, 3.8) is 0 Å². The molecular weight excluding hydrogens is 254 g/mol. The van der Waals surface area contributed by atoms with Crippen molar-refractivity contribution in [1.29, 1.82) is 5.26 Å². The van der Waals surface area contributed by atoms with Gasteiger partial charge in [-0.3, -0.25) is 4.79 Å². The van der Waals surface area contributed by atoms with Gasteiger partial charge < -0.3 is 9.84 Å². The number of rotatable bonds is 4. The van der Waals surface area contributed by atoms with E-state index in [1.807, 2.05) is 43.3 Å². The predicted molar refractivity (Wildman–Crippen MR) is 73.3 cm³/mol. The summed E-state index contributed by atoms with van der Waals surface area (Å²) in [6.07, 6.45) is 0. The van der Waals surface area contributed by atoms with Crippen molar-refractivity contribution in [3.05, 3.63) is 41.6 Å². The van der Waals surface area contributed by atoms with Crippen LogP contribution in [0.15, 0.2) is 34.9 Å². The SMILES string of the molecule is Cc1c(CNC(=O)C(C)C#N)noc1-c1ccccc1. The van der Waals surface area contributed by atoms with Gasteiger partial charge in [-0.2, -0.15) is 5.26 Å². The monoisotopic (exact) mass is 269 g/mol. The summed E-state index contributed by atoms with van der Waals surface area (Å²) in [5, 5.41) is 15.3. The highest BCUT2D eigenvalue weighted by Crippen LogP contribution is 2.25. The maximum atomic E-state index is 11.5. The Morgan fingerprint density at radius 2 is 2.15 bits per heavy atom. The number of nitriles is 1. The summed E-state index contributed by atoms with van der Waals surface area (Å²) in [6.45, 7) is 3.71. The van der Waals surface area contributed by atoms with Crippen LogP contribution in [0.25, 0.3) is 11.3 Å². The Morgan fingerprint density at radius 1 is 1.45 bits per heavy atom. The van der Waals surface area contributed by atoms with E-state index in [-0.39, 0.29) is 12.5 Å². The number of amides is 1. The van der Waals surface area contributed by atoms with Gasteiger partial charge in [-0.05, 0) is 13.8 Å². The molecule has 5 heteroatoms. The zero-order chi connectivity index (χ0) is 14.5. The lowest BCUT2D eigenvalue weighted by Crippen LogP contribution is -2.28. The van der Waals surface area contributed by atoms with E-state index in [0.29, 0.717) is 11.5 Å². The molecule has 0 aliphatic heterocycles. The van der Waals surface area contributed by atoms with Crippen LogP contribution in [-0.2, 0) is 11.3 Å². The highest BCUT2D eigenvalue weighted by Gasteiger charge is 2.16. The van der Waals surface area contributed by atoms with Crippen molar-refractivity contribution < 1.29 is 9.32 Å². The normalized spacial score (nSPS) is 11.7. The molecule has 0 spiro atoms. The molecule has 0 fully saturated rings. The molecule has 0 saturated carbocycles. The molecule has 1 heterocycles. The first-order chi connectivity index (χ1) is 9.63. The molecule has 1 aromatic carbocycles.